The van der Waals surface area contributed by atoms with E-state index >= 15 is 0 Å². The van der Waals surface area contributed by atoms with Gasteiger partial charge in [0.05, 0.1) is 18.8 Å². The van der Waals surface area contributed by atoms with Crippen molar-refractivity contribution in [1.29, 1.82) is 0 Å². The molecular formula is C17H26N2O2. The second kappa shape index (κ2) is 6.05. The summed E-state index contributed by atoms with van der Waals surface area (Å²) in [5.74, 6) is 0. The van der Waals surface area contributed by atoms with Crippen molar-refractivity contribution in [2.45, 2.75) is 38.1 Å². The molecule has 1 aromatic rings. The molecule has 2 saturated heterocycles. The lowest BCUT2D eigenvalue weighted by Gasteiger charge is -2.52. The predicted molar refractivity (Wildman–Crippen MR) is 83.1 cm³/mol. The molecule has 4 heteroatoms. The van der Waals surface area contributed by atoms with Crippen LogP contribution in [0.5, 0.6) is 0 Å². The highest BCUT2D eigenvalue weighted by molar-refractivity contribution is 5.14. The Bertz CT molecular complexity index is 457. The maximum atomic E-state index is 9.53. The highest BCUT2D eigenvalue weighted by Gasteiger charge is 2.43. The Balaban J connectivity index is 1.60. The van der Waals surface area contributed by atoms with E-state index in [1.807, 2.05) is 0 Å². The minimum Gasteiger partial charge on any atom is -0.390 e. The van der Waals surface area contributed by atoms with Crippen molar-refractivity contribution in [3.8, 4) is 0 Å². The summed E-state index contributed by atoms with van der Waals surface area (Å²) in [5, 5.41) is 9.53. The summed E-state index contributed by atoms with van der Waals surface area (Å²) in [6.45, 7) is 9.72. The molecule has 1 atom stereocenters. The van der Waals surface area contributed by atoms with Gasteiger partial charge in [0.2, 0.25) is 0 Å². The van der Waals surface area contributed by atoms with Crippen molar-refractivity contribution in [2.24, 2.45) is 0 Å². The summed E-state index contributed by atoms with van der Waals surface area (Å²) in [5.41, 5.74) is 1.34. The first-order valence-electron chi connectivity index (χ1n) is 7.86. The lowest BCUT2D eigenvalue weighted by atomic mass is 9.89. The molecule has 1 unspecified atom stereocenters. The Kier molecular flexibility index (Phi) is 4.31. The van der Waals surface area contributed by atoms with Crippen LogP contribution < -0.4 is 0 Å². The number of nitrogens with zero attached hydrogens (tertiary/aromatic N) is 2. The molecular weight excluding hydrogens is 264 g/mol. The van der Waals surface area contributed by atoms with Crippen molar-refractivity contribution in [1.82, 2.24) is 9.80 Å². The summed E-state index contributed by atoms with van der Waals surface area (Å²) in [4.78, 5) is 4.80. The molecule has 0 radical (unpaired) electrons. The van der Waals surface area contributed by atoms with E-state index in [0.29, 0.717) is 0 Å². The number of β-amino-alcohol motifs (C(OH)–C–C–N with tert-alkyl or cyclic N) is 1. The minimum atomic E-state index is -0.159. The summed E-state index contributed by atoms with van der Waals surface area (Å²) >= 11 is 0. The minimum absolute atomic E-state index is 0.0193. The largest absolute Gasteiger partial charge is 0.390 e. The van der Waals surface area contributed by atoms with Gasteiger partial charge in [0, 0.05) is 38.3 Å². The third kappa shape index (κ3) is 3.29. The average molecular weight is 290 g/mol. The van der Waals surface area contributed by atoms with Gasteiger partial charge in [-0.2, -0.15) is 0 Å². The van der Waals surface area contributed by atoms with Gasteiger partial charge in [-0.25, -0.2) is 0 Å². The molecule has 3 rings (SSSR count). The molecule has 2 fully saturated rings. The quantitative estimate of drug-likeness (QED) is 0.908. The van der Waals surface area contributed by atoms with E-state index in [1.165, 1.54) is 5.56 Å². The maximum Gasteiger partial charge on any atom is 0.0880 e. The van der Waals surface area contributed by atoms with Gasteiger partial charge < -0.3 is 9.84 Å². The second-order valence-electron chi connectivity index (χ2n) is 6.79. The lowest BCUT2D eigenvalue weighted by Crippen LogP contribution is -2.67. The number of aliphatic hydroxyl groups excluding tert-OH is 1. The Hall–Kier alpha value is -0.940. The van der Waals surface area contributed by atoms with Gasteiger partial charge in [0.25, 0.3) is 0 Å². The van der Waals surface area contributed by atoms with Gasteiger partial charge in [-0.15, -0.1) is 0 Å². The SMILES string of the molecule is CC(C)(C1CN(Cc2ccccc2)CCO1)N1CC(O)C1. The number of ether oxygens (including phenoxy) is 1. The number of hydrogen-bond acceptors (Lipinski definition) is 4. The second-order valence-corrected chi connectivity index (χ2v) is 6.79. The molecule has 116 valence electrons. The topological polar surface area (TPSA) is 35.9 Å². The Morgan fingerprint density at radius 3 is 2.57 bits per heavy atom. The molecule has 0 saturated carbocycles. The van der Waals surface area contributed by atoms with Crippen LogP contribution in [0.3, 0.4) is 0 Å². The van der Waals surface area contributed by atoms with Crippen LogP contribution in [0.15, 0.2) is 30.3 Å². The molecule has 1 aromatic carbocycles. The van der Waals surface area contributed by atoms with Gasteiger partial charge >= 0.3 is 0 Å². The van der Waals surface area contributed by atoms with Gasteiger partial charge in [0.1, 0.15) is 0 Å². The van der Waals surface area contributed by atoms with E-state index in [1.54, 1.807) is 0 Å². The highest BCUT2D eigenvalue weighted by Crippen LogP contribution is 2.29. The molecule has 2 aliphatic heterocycles. The molecule has 21 heavy (non-hydrogen) atoms. The fourth-order valence-electron chi connectivity index (χ4n) is 3.24. The highest BCUT2D eigenvalue weighted by atomic mass is 16.5. The molecule has 2 heterocycles. The predicted octanol–water partition coefficient (Wildman–Crippen LogP) is 1.34. The first-order valence-corrected chi connectivity index (χ1v) is 7.86. The first-order chi connectivity index (χ1) is 10.1. The third-order valence-electron chi connectivity index (χ3n) is 4.86. The van der Waals surface area contributed by atoms with Crippen molar-refractivity contribution in [2.75, 3.05) is 32.8 Å². The van der Waals surface area contributed by atoms with Crippen LogP contribution in [-0.2, 0) is 11.3 Å². The Morgan fingerprint density at radius 2 is 1.90 bits per heavy atom. The molecule has 0 aliphatic carbocycles. The van der Waals surface area contributed by atoms with Crippen molar-refractivity contribution >= 4 is 0 Å². The third-order valence-corrected chi connectivity index (χ3v) is 4.86. The zero-order valence-corrected chi connectivity index (χ0v) is 13.0. The van der Waals surface area contributed by atoms with Gasteiger partial charge in [-0.1, -0.05) is 30.3 Å². The number of hydrogen-bond donors (Lipinski definition) is 1. The molecule has 1 N–H and O–H groups in total. The monoisotopic (exact) mass is 290 g/mol. The van der Waals surface area contributed by atoms with Crippen LogP contribution in [0, 0.1) is 0 Å². The number of likely N-dealkylation sites (tertiary alicyclic amines) is 1. The van der Waals surface area contributed by atoms with Crippen molar-refractivity contribution < 1.29 is 9.84 Å². The average Bonchev–Trinajstić information content (AvgIpc) is 2.45. The normalized spacial score (nSPS) is 25.8. The van der Waals surface area contributed by atoms with Crippen LogP contribution in [-0.4, -0.2) is 65.4 Å². The van der Waals surface area contributed by atoms with Crippen LogP contribution in [0.25, 0.3) is 0 Å². The van der Waals surface area contributed by atoms with Crippen molar-refractivity contribution in [3.63, 3.8) is 0 Å². The summed E-state index contributed by atoms with van der Waals surface area (Å²) in [6, 6.07) is 10.6. The van der Waals surface area contributed by atoms with E-state index in [0.717, 1.165) is 39.3 Å². The van der Waals surface area contributed by atoms with Crippen LogP contribution in [0.2, 0.25) is 0 Å². The molecule has 0 bridgehead atoms. The van der Waals surface area contributed by atoms with Gasteiger partial charge in [-0.3, -0.25) is 9.80 Å². The van der Waals surface area contributed by atoms with E-state index in [4.69, 9.17) is 4.74 Å². The van der Waals surface area contributed by atoms with Gasteiger partial charge in [-0.05, 0) is 19.4 Å². The number of benzene rings is 1. The van der Waals surface area contributed by atoms with E-state index < -0.39 is 0 Å². The first kappa shape index (κ1) is 15.0. The molecule has 0 spiro atoms. The fraction of sp³-hybridized carbons (Fsp3) is 0.647. The lowest BCUT2D eigenvalue weighted by molar-refractivity contribution is -0.144. The fourth-order valence-corrected chi connectivity index (χ4v) is 3.24. The van der Waals surface area contributed by atoms with Crippen LogP contribution in [0.4, 0.5) is 0 Å². The van der Waals surface area contributed by atoms with Crippen LogP contribution in [0.1, 0.15) is 19.4 Å². The number of morpholine rings is 1. The Labute approximate surface area is 127 Å². The van der Waals surface area contributed by atoms with Crippen LogP contribution >= 0.6 is 0 Å². The van der Waals surface area contributed by atoms with E-state index in [9.17, 15) is 5.11 Å². The summed E-state index contributed by atoms with van der Waals surface area (Å²) in [7, 11) is 0. The zero-order chi connectivity index (χ0) is 14.9. The maximum absolute atomic E-state index is 9.53. The molecule has 4 nitrogen and oxygen atoms in total. The zero-order valence-electron chi connectivity index (χ0n) is 13.0. The smallest absolute Gasteiger partial charge is 0.0880 e. The Morgan fingerprint density at radius 1 is 1.19 bits per heavy atom. The van der Waals surface area contributed by atoms with E-state index in [2.05, 4.69) is 54.0 Å². The van der Waals surface area contributed by atoms with E-state index in [-0.39, 0.29) is 17.7 Å². The molecule has 0 amide bonds. The molecule has 0 aromatic heterocycles. The summed E-state index contributed by atoms with van der Waals surface area (Å²) < 4.78 is 6.04. The molecule has 2 aliphatic rings. The number of rotatable bonds is 4. The number of aliphatic hydroxyl groups is 1. The summed E-state index contributed by atoms with van der Waals surface area (Å²) in [6.07, 6.45) is 0.0377. The van der Waals surface area contributed by atoms with Crippen molar-refractivity contribution in [3.05, 3.63) is 35.9 Å². The standard InChI is InChI=1S/C17H26N2O2/c1-17(2,19-11-15(20)12-19)16-13-18(8-9-21-16)10-14-6-4-3-5-7-14/h3-7,15-16,20H,8-13H2,1-2H3. The van der Waals surface area contributed by atoms with Gasteiger partial charge in [0.15, 0.2) is 0 Å².